The largest absolute Gasteiger partial charge is 0.497 e. The fourth-order valence-corrected chi connectivity index (χ4v) is 5.71. The molecule has 0 saturated heterocycles. The number of methoxy groups -OCH3 is 1. The molecule has 0 N–H and O–H groups in total. The highest BCUT2D eigenvalue weighted by atomic mass is 32.2. The second kappa shape index (κ2) is 9.43. The molecular weight excluding hydrogens is 472 g/mol. The summed E-state index contributed by atoms with van der Waals surface area (Å²) in [5, 5.41) is 1.62. The van der Waals surface area contributed by atoms with E-state index in [4.69, 9.17) is 9.72 Å². The van der Waals surface area contributed by atoms with Crippen molar-refractivity contribution in [2.45, 2.75) is 18.2 Å². The number of carbonyl (C=O) groups is 1. The maximum Gasteiger partial charge on any atom is 0.270 e. The predicted molar refractivity (Wildman–Crippen MR) is 142 cm³/mol. The molecule has 0 saturated carbocycles. The van der Waals surface area contributed by atoms with Gasteiger partial charge >= 0.3 is 0 Å². The lowest BCUT2D eigenvalue weighted by atomic mass is 9.99. The number of nitrogens with zero attached hydrogens (tertiary/aromatic N) is 2. The first-order chi connectivity index (χ1) is 17.4. The number of hydrogen-bond acceptors (Lipinski definition) is 5. The highest BCUT2D eigenvalue weighted by Gasteiger charge is 2.31. The zero-order valence-corrected chi connectivity index (χ0v) is 20.7. The average Bonchev–Trinajstić information content (AvgIpc) is 2.89. The molecule has 7 heteroatoms. The molecule has 6 nitrogen and oxygen atoms in total. The Morgan fingerprint density at radius 2 is 1.36 bits per heavy atom. The van der Waals surface area contributed by atoms with Crippen LogP contribution >= 0.6 is 0 Å². The van der Waals surface area contributed by atoms with Crippen molar-refractivity contribution in [2.75, 3.05) is 11.4 Å². The van der Waals surface area contributed by atoms with E-state index < -0.39 is 15.9 Å². The van der Waals surface area contributed by atoms with Crippen molar-refractivity contribution in [3.05, 3.63) is 108 Å². The van der Waals surface area contributed by atoms with Crippen LogP contribution in [0.5, 0.6) is 5.75 Å². The maximum absolute atomic E-state index is 13.9. The molecule has 1 aromatic heterocycles. The molecule has 0 aliphatic carbocycles. The summed E-state index contributed by atoms with van der Waals surface area (Å²) in [6.07, 6.45) is -0.124. The molecule has 180 valence electrons. The first-order valence-electron chi connectivity index (χ1n) is 11.4. The number of aromatic nitrogens is 1. The molecular formula is C29H24N2O4S. The van der Waals surface area contributed by atoms with Gasteiger partial charge < -0.3 is 4.74 Å². The Morgan fingerprint density at radius 1 is 0.806 bits per heavy atom. The Hall–Kier alpha value is -4.23. The molecule has 0 bridgehead atoms. The minimum Gasteiger partial charge on any atom is -0.497 e. The quantitative estimate of drug-likeness (QED) is 0.283. The third-order valence-electron chi connectivity index (χ3n) is 6.12. The first-order valence-corrected chi connectivity index (χ1v) is 12.9. The summed E-state index contributed by atoms with van der Waals surface area (Å²) in [7, 11) is -2.66. The second-order valence-electron chi connectivity index (χ2n) is 8.48. The van der Waals surface area contributed by atoms with Gasteiger partial charge in [-0.25, -0.2) is 17.7 Å². The van der Waals surface area contributed by atoms with Crippen molar-refractivity contribution in [3.8, 4) is 5.75 Å². The lowest BCUT2D eigenvalue weighted by molar-refractivity contribution is -0.116. The number of aryl methyl sites for hydroxylation is 1. The minimum atomic E-state index is -4.19. The van der Waals surface area contributed by atoms with Gasteiger partial charge in [0.25, 0.3) is 10.0 Å². The Bertz CT molecular complexity index is 1630. The molecule has 5 rings (SSSR count). The topological polar surface area (TPSA) is 76.6 Å². The van der Waals surface area contributed by atoms with Crippen LogP contribution < -0.4 is 9.04 Å². The van der Waals surface area contributed by atoms with Crippen LogP contribution in [0.25, 0.3) is 21.8 Å². The van der Waals surface area contributed by atoms with Crippen molar-refractivity contribution < 1.29 is 17.9 Å². The number of carbonyl (C=O) groups excluding carboxylic acids is 1. The SMILES string of the molecule is COc1ccc(N(C(=O)Cc2c3ccccc3nc3ccccc23)S(=O)(=O)c2ccc(C)cc2)cc1. The van der Waals surface area contributed by atoms with Gasteiger partial charge in [0.1, 0.15) is 5.75 Å². The van der Waals surface area contributed by atoms with Crippen LogP contribution in [0.2, 0.25) is 0 Å². The smallest absolute Gasteiger partial charge is 0.270 e. The number of fused-ring (bicyclic) bond motifs is 2. The lowest BCUT2D eigenvalue weighted by Crippen LogP contribution is -2.38. The van der Waals surface area contributed by atoms with Gasteiger partial charge in [-0.1, -0.05) is 54.1 Å². The number of sulfonamides is 1. The molecule has 4 aromatic carbocycles. The summed E-state index contributed by atoms with van der Waals surface area (Å²) in [6, 6.07) is 28.0. The average molecular weight is 497 g/mol. The molecule has 0 fully saturated rings. The van der Waals surface area contributed by atoms with Crippen LogP contribution in [0.3, 0.4) is 0 Å². The van der Waals surface area contributed by atoms with E-state index in [2.05, 4.69) is 0 Å². The molecule has 1 amide bonds. The van der Waals surface area contributed by atoms with E-state index in [-0.39, 0.29) is 17.0 Å². The standard InChI is InChI=1S/C29H24N2O4S/c1-20-11-17-23(18-12-20)36(33,34)31(21-13-15-22(35-2)16-14-21)29(32)19-26-24-7-3-5-9-27(24)30-28-10-6-4-8-25(26)28/h3-18H,19H2,1-2H3. The second-order valence-corrected chi connectivity index (χ2v) is 10.3. The van der Waals surface area contributed by atoms with E-state index in [1.54, 1.807) is 36.4 Å². The van der Waals surface area contributed by atoms with Gasteiger partial charge in [-0.05, 0) is 61.0 Å². The third kappa shape index (κ3) is 4.29. The molecule has 0 aliphatic rings. The van der Waals surface area contributed by atoms with Gasteiger partial charge in [0.05, 0.1) is 35.1 Å². The zero-order valence-electron chi connectivity index (χ0n) is 19.9. The fourth-order valence-electron chi connectivity index (χ4n) is 4.29. The Morgan fingerprint density at radius 3 is 1.92 bits per heavy atom. The molecule has 0 unspecified atom stereocenters. The van der Waals surface area contributed by atoms with E-state index in [9.17, 15) is 13.2 Å². The van der Waals surface area contributed by atoms with Crippen molar-refractivity contribution in [1.82, 2.24) is 4.98 Å². The summed E-state index contributed by atoms with van der Waals surface area (Å²) in [5.74, 6) is -0.00717. The van der Waals surface area contributed by atoms with Crippen LogP contribution in [0.15, 0.2) is 102 Å². The van der Waals surface area contributed by atoms with Crippen molar-refractivity contribution in [1.29, 1.82) is 0 Å². The van der Waals surface area contributed by atoms with Gasteiger partial charge in [-0.3, -0.25) is 4.79 Å². The van der Waals surface area contributed by atoms with Crippen LogP contribution in [-0.4, -0.2) is 26.4 Å². The van der Waals surface area contributed by atoms with E-state index in [1.807, 2.05) is 55.5 Å². The van der Waals surface area contributed by atoms with Gasteiger partial charge in [0.15, 0.2) is 0 Å². The van der Waals surface area contributed by atoms with E-state index >= 15 is 0 Å². The summed E-state index contributed by atoms with van der Waals surface area (Å²) >= 11 is 0. The number of para-hydroxylation sites is 2. The fraction of sp³-hybridized carbons (Fsp3) is 0.103. The van der Waals surface area contributed by atoms with Crippen molar-refractivity contribution in [2.24, 2.45) is 0 Å². The number of hydrogen-bond donors (Lipinski definition) is 0. The monoisotopic (exact) mass is 496 g/mol. The van der Waals surface area contributed by atoms with Crippen LogP contribution in [0.4, 0.5) is 5.69 Å². The third-order valence-corrected chi connectivity index (χ3v) is 7.88. The molecule has 0 aliphatic heterocycles. The minimum absolute atomic E-state index is 0.0433. The number of ether oxygens (including phenoxy) is 1. The highest BCUT2D eigenvalue weighted by Crippen LogP contribution is 2.30. The van der Waals surface area contributed by atoms with Gasteiger partial charge in [-0.15, -0.1) is 0 Å². The molecule has 36 heavy (non-hydrogen) atoms. The number of amides is 1. The summed E-state index contributed by atoms with van der Waals surface area (Å²) in [4.78, 5) is 18.7. The van der Waals surface area contributed by atoms with E-state index in [0.29, 0.717) is 5.75 Å². The summed E-state index contributed by atoms with van der Waals surface area (Å²) < 4.78 is 33.8. The normalized spacial score (nSPS) is 11.5. The first kappa shape index (κ1) is 23.5. The molecule has 0 spiro atoms. The van der Waals surface area contributed by atoms with E-state index in [0.717, 1.165) is 37.2 Å². The number of benzene rings is 4. The highest BCUT2D eigenvalue weighted by molar-refractivity contribution is 7.93. The van der Waals surface area contributed by atoms with Gasteiger partial charge in [-0.2, -0.15) is 0 Å². The zero-order chi connectivity index (χ0) is 25.3. The van der Waals surface area contributed by atoms with Crippen LogP contribution in [0.1, 0.15) is 11.1 Å². The van der Waals surface area contributed by atoms with Crippen LogP contribution in [0, 0.1) is 6.92 Å². The molecule has 1 heterocycles. The Kier molecular flexibility index (Phi) is 6.16. The molecule has 0 radical (unpaired) electrons. The lowest BCUT2D eigenvalue weighted by Gasteiger charge is -2.24. The number of rotatable bonds is 6. The van der Waals surface area contributed by atoms with Gasteiger partial charge in [0.2, 0.25) is 5.91 Å². The van der Waals surface area contributed by atoms with Gasteiger partial charge in [0, 0.05) is 10.8 Å². The van der Waals surface area contributed by atoms with Crippen molar-refractivity contribution in [3.63, 3.8) is 0 Å². The van der Waals surface area contributed by atoms with Crippen molar-refractivity contribution >= 4 is 43.4 Å². The van der Waals surface area contributed by atoms with Crippen LogP contribution in [-0.2, 0) is 21.2 Å². The molecule has 5 aromatic rings. The molecule has 0 atom stereocenters. The maximum atomic E-state index is 13.9. The predicted octanol–water partition coefficient (Wildman–Crippen LogP) is 5.67. The Labute approximate surface area is 209 Å². The van der Waals surface area contributed by atoms with E-state index in [1.165, 1.54) is 19.2 Å². The summed E-state index contributed by atoms with van der Waals surface area (Å²) in [6.45, 7) is 1.88. The summed E-state index contributed by atoms with van der Waals surface area (Å²) in [5.41, 5.74) is 3.39. The number of pyridine rings is 1. The number of anilines is 1. The Balaban J connectivity index is 1.66.